The fourth-order valence-electron chi connectivity index (χ4n) is 0.498. The second kappa shape index (κ2) is 5.93. The Morgan fingerprint density at radius 1 is 1.78 bits per heavy atom. The van der Waals surface area contributed by atoms with E-state index >= 15 is 0 Å². The molecule has 0 amide bonds. The maximum atomic E-state index is 8.18. The number of hydrogen-bond donors (Lipinski definition) is 1. The molecule has 3 heteroatoms. The van der Waals surface area contributed by atoms with E-state index < -0.39 is 0 Å². The first-order valence-corrected chi connectivity index (χ1v) is 4.04. The molecule has 0 radical (unpaired) electrons. The number of thioether (sulfide) groups is 1. The summed E-state index contributed by atoms with van der Waals surface area (Å²) in [4.78, 5) is 0. The molecule has 0 aromatic rings. The van der Waals surface area contributed by atoms with Crippen LogP contribution in [0.2, 0.25) is 0 Å². The van der Waals surface area contributed by atoms with Crippen molar-refractivity contribution in [2.45, 2.75) is 18.6 Å². The topological polar surface area (TPSA) is 49.8 Å². The molecule has 0 aromatic carbocycles. The zero-order valence-electron chi connectivity index (χ0n) is 5.63. The monoisotopic (exact) mass is 144 g/mol. The fourth-order valence-corrected chi connectivity index (χ4v) is 1.16. The highest BCUT2D eigenvalue weighted by atomic mass is 32.2. The first kappa shape index (κ1) is 8.80. The Hall–Kier alpha value is -0.200. The lowest BCUT2D eigenvalue weighted by Gasteiger charge is -2.04. The SMILES string of the molecule is CC(CCN)SCC#N. The van der Waals surface area contributed by atoms with Gasteiger partial charge in [-0.1, -0.05) is 6.92 Å². The smallest absolute Gasteiger partial charge is 0.0810 e. The van der Waals surface area contributed by atoms with Crippen LogP contribution < -0.4 is 5.73 Å². The molecule has 1 unspecified atom stereocenters. The Kier molecular flexibility index (Phi) is 5.80. The predicted molar refractivity (Wildman–Crippen MR) is 41.2 cm³/mol. The van der Waals surface area contributed by atoms with Gasteiger partial charge in [-0.25, -0.2) is 0 Å². The van der Waals surface area contributed by atoms with Gasteiger partial charge in [0.2, 0.25) is 0 Å². The van der Waals surface area contributed by atoms with Gasteiger partial charge in [-0.05, 0) is 13.0 Å². The lowest BCUT2D eigenvalue weighted by molar-refractivity contribution is 0.824. The molecule has 0 aliphatic carbocycles. The summed E-state index contributed by atoms with van der Waals surface area (Å²) in [5.41, 5.74) is 5.30. The number of nitrogens with two attached hydrogens (primary N) is 1. The van der Waals surface area contributed by atoms with Crippen LogP contribution in [0, 0.1) is 11.3 Å². The molecule has 0 saturated heterocycles. The van der Waals surface area contributed by atoms with Crippen molar-refractivity contribution in [1.29, 1.82) is 5.26 Å². The van der Waals surface area contributed by atoms with Gasteiger partial charge in [0, 0.05) is 5.25 Å². The van der Waals surface area contributed by atoms with Crippen LogP contribution in [0.25, 0.3) is 0 Å². The van der Waals surface area contributed by atoms with E-state index in [-0.39, 0.29) is 0 Å². The van der Waals surface area contributed by atoms with Gasteiger partial charge in [0.15, 0.2) is 0 Å². The molecular formula is C6H12N2S. The van der Waals surface area contributed by atoms with Crippen LogP contribution in [0.1, 0.15) is 13.3 Å². The van der Waals surface area contributed by atoms with Crippen LogP contribution in [-0.2, 0) is 0 Å². The van der Waals surface area contributed by atoms with Gasteiger partial charge in [-0.3, -0.25) is 0 Å². The minimum atomic E-state index is 0.537. The number of nitriles is 1. The third-order valence-electron chi connectivity index (χ3n) is 1.01. The molecule has 2 nitrogen and oxygen atoms in total. The molecule has 0 aliphatic heterocycles. The van der Waals surface area contributed by atoms with Crippen LogP contribution in [0.5, 0.6) is 0 Å². The van der Waals surface area contributed by atoms with Gasteiger partial charge in [-0.15, -0.1) is 11.8 Å². The average Bonchev–Trinajstić information content (AvgIpc) is 1.85. The van der Waals surface area contributed by atoms with Crippen molar-refractivity contribution < 1.29 is 0 Å². The summed E-state index contributed by atoms with van der Waals surface area (Å²) in [5, 5.41) is 8.72. The first-order valence-electron chi connectivity index (χ1n) is 3.00. The van der Waals surface area contributed by atoms with Crippen LogP contribution >= 0.6 is 11.8 Å². The van der Waals surface area contributed by atoms with Crippen LogP contribution in [-0.4, -0.2) is 17.5 Å². The fraction of sp³-hybridized carbons (Fsp3) is 0.833. The molecule has 0 aromatic heterocycles. The standard InChI is InChI=1S/C6H12N2S/c1-6(2-3-7)9-5-4-8/h6H,2-3,5,7H2,1H3. The van der Waals surface area contributed by atoms with Gasteiger partial charge >= 0.3 is 0 Å². The van der Waals surface area contributed by atoms with E-state index in [0.29, 0.717) is 11.0 Å². The molecule has 0 spiro atoms. The van der Waals surface area contributed by atoms with Crippen LogP contribution in [0.4, 0.5) is 0 Å². The van der Waals surface area contributed by atoms with Crippen molar-refractivity contribution in [2.75, 3.05) is 12.3 Å². The first-order chi connectivity index (χ1) is 4.31. The molecule has 0 saturated carbocycles. The van der Waals surface area contributed by atoms with Gasteiger partial charge in [0.25, 0.3) is 0 Å². The summed E-state index contributed by atoms with van der Waals surface area (Å²) in [6, 6.07) is 2.08. The van der Waals surface area contributed by atoms with E-state index in [1.807, 2.05) is 0 Å². The lowest BCUT2D eigenvalue weighted by atomic mass is 10.3. The highest BCUT2D eigenvalue weighted by Gasteiger charge is 1.98. The highest BCUT2D eigenvalue weighted by Crippen LogP contribution is 2.11. The molecule has 2 N–H and O–H groups in total. The third-order valence-corrected chi connectivity index (χ3v) is 2.11. The summed E-state index contributed by atoms with van der Waals surface area (Å²) >= 11 is 1.66. The lowest BCUT2D eigenvalue weighted by Crippen LogP contribution is -2.07. The maximum Gasteiger partial charge on any atom is 0.0810 e. The Morgan fingerprint density at radius 3 is 2.89 bits per heavy atom. The largest absolute Gasteiger partial charge is 0.330 e. The quantitative estimate of drug-likeness (QED) is 0.640. The molecule has 0 bridgehead atoms. The highest BCUT2D eigenvalue weighted by molar-refractivity contribution is 8.00. The summed E-state index contributed by atoms with van der Waals surface area (Å²) in [5.74, 6) is 0.584. The Labute approximate surface area is 60.4 Å². The molecule has 0 heterocycles. The van der Waals surface area contributed by atoms with E-state index in [2.05, 4.69) is 13.0 Å². The molecule has 52 valence electrons. The zero-order valence-corrected chi connectivity index (χ0v) is 6.45. The van der Waals surface area contributed by atoms with E-state index in [4.69, 9.17) is 11.0 Å². The second-order valence-electron chi connectivity index (χ2n) is 1.86. The van der Waals surface area contributed by atoms with Crippen molar-refractivity contribution in [1.82, 2.24) is 0 Å². The normalized spacial score (nSPS) is 12.6. The Balaban J connectivity index is 3.07. The minimum absolute atomic E-state index is 0.537. The van der Waals surface area contributed by atoms with Crippen molar-refractivity contribution in [2.24, 2.45) is 5.73 Å². The van der Waals surface area contributed by atoms with E-state index in [9.17, 15) is 0 Å². The Bertz CT molecular complexity index is 97.7. The van der Waals surface area contributed by atoms with E-state index in [1.165, 1.54) is 0 Å². The van der Waals surface area contributed by atoms with Gasteiger partial charge in [0.1, 0.15) is 0 Å². The number of nitrogens with zero attached hydrogens (tertiary/aromatic N) is 1. The summed E-state index contributed by atoms with van der Waals surface area (Å²) in [6.45, 7) is 2.81. The number of rotatable bonds is 4. The van der Waals surface area contributed by atoms with E-state index in [1.54, 1.807) is 11.8 Å². The molecule has 0 aliphatic rings. The molecular weight excluding hydrogens is 132 g/mol. The minimum Gasteiger partial charge on any atom is -0.330 e. The average molecular weight is 144 g/mol. The number of hydrogen-bond acceptors (Lipinski definition) is 3. The molecule has 0 rings (SSSR count). The van der Waals surface area contributed by atoms with Crippen molar-refractivity contribution in [3.8, 4) is 6.07 Å². The maximum absolute atomic E-state index is 8.18. The Morgan fingerprint density at radius 2 is 2.44 bits per heavy atom. The molecule has 9 heavy (non-hydrogen) atoms. The summed E-state index contributed by atoms with van der Waals surface area (Å²) < 4.78 is 0. The second-order valence-corrected chi connectivity index (χ2v) is 3.28. The zero-order chi connectivity index (χ0) is 7.11. The molecule has 0 fully saturated rings. The van der Waals surface area contributed by atoms with Crippen LogP contribution in [0.15, 0.2) is 0 Å². The van der Waals surface area contributed by atoms with Gasteiger partial charge < -0.3 is 5.73 Å². The van der Waals surface area contributed by atoms with Gasteiger partial charge in [0.05, 0.1) is 11.8 Å². The van der Waals surface area contributed by atoms with Gasteiger partial charge in [-0.2, -0.15) is 5.26 Å². The summed E-state index contributed by atoms with van der Waals surface area (Å²) in [6.07, 6.45) is 1.01. The van der Waals surface area contributed by atoms with Crippen LogP contribution in [0.3, 0.4) is 0 Å². The van der Waals surface area contributed by atoms with Crippen molar-refractivity contribution in [3.63, 3.8) is 0 Å². The van der Waals surface area contributed by atoms with E-state index in [0.717, 1.165) is 13.0 Å². The van der Waals surface area contributed by atoms with Crippen molar-refractivity contribution >= 4 is 11.8 Å². The summed E-state index contributed by atoms with van der Waals surface area (Å²) in [7, 11) is 0. The van der Waals surface area contributed by atoms with Crippen molar-refractivity contribution in [3.05, 3.63) is 0 Å². The predicted octanol–water partition coefficient (Wildman–Crippen LogP) is 0.980. The third kappa shape index (κ3) is 5.67. The molecule has 1 atom stereocenters.